The van der Waals surface area contributed by atoms with Crippen LogP contribution in [-0.2, 0) is 6.54 Å². The number of carbonyl (C=O) groups is 1. The summed E-state index contributed by atoms with van der Waals surface area (Å²) in [6, 6.07) is 2.18. The van der Waals surface area contributed by atoms with Crippen LogP contribution in [0.1, 0.15) is 58.8 Å². The first-order valence-corrected chi connectivity index (χ1v) is 8.91. The minimum Gasteiger partial charge on any atom is -0.320 e. The Bertz CT molecular complexity index is 563. The van der Waals surface area contributed by atoms with E-state index in [0.29, 0.717) is 0 Å². The molecule has 1 heterocycles. The number of nitrogens with one attached hydrogen (secondary N) is 1. The van der Waals surface area contributed by atoms with Crippen molar-refractivity contribution in [3.05, 3.63) is 33.9 Å². The molecule has 1 aromatic rings. The van der Waals surface area contributed by atoms with Crippen molar-refractivity contribution in [2.45, 2.75) is 53.5 Å². The molecule has 1 aromatic carbocycles. The molecule has 0 amide bonds. The summed E-state index contributed by atoms with van der Waals surface area (Å²) < 4.78 is 0. The summed E-state index contributed by atoms with van der Waals surface area (Å²) in [5.41, 5.74) is 5.90. The highest BCUT2D eigenvalue weighted by atomic mass is 35.5. The van der Waals surface area contributed by atoms with Gasteiger partial charge in [0.2, 0.25) is 0 Å². The minimum absolute atomic E-state index is 0. The highest BCUT2D eigenvalue weighted by Crippen LogP contribution is 2.27. The Kier molecular flexibility index (Phi) is 8.41. The molecule has 0 atom stereocenters. The van der Waals surface area contributed by atoms with Gasteiger partial charge in [-0.15, -0.1) is 12.4 Å². The molecule has 0 radical (unpaired) electrons. The number of halogens is 1. The Morgan fingerprint density at radius 1 is 1.21 bits per heavy atom. The van der Waals surface area contributed by atoms with E-state index in [-0.39, 0.29) is 18.2 Å². The van der Waals surface area contributed by atoms with Gasteiger partial charge in [0.05, 0.1) is 0 Å². The molecule has 136 valence electrons. The summed E-state index contributed by atoms with van der Waals surface area (Å²) in [4.78, 5) is 14.5. The monoisotopic (exact) mass is 352 g/mol. The van der Waals surface area contributed by atoms with Crippen LogP contribution in [0.4, 0.5) is 0 Å². The van der Waals surface area contributed by atoms with Gasteiger partial charge in [-0.2, -0.15) is 0 Å². The zero-order valence-electron chi connectivity index (χ0n) is 15.9. The Morgan fingerprint density at radius 2 is 1.83 bits per heavy atom. The van der Waals surface area contributed by atoms with Gasteiger partial charge < -0.3 is 5.32 Å². The highest BCUT2D eigenvalue weighted by molar-refractivity contribution is 5.97. The van der Waals surface area contributed by atoms with E-state index in [2.05, 4.69) is 30.1 Å². The molecule has 1 fully saturated rings. The van der Waals surface area contributed by atoms with Crippen LogP contribution in [0.2, 0.25) is 0 Å². The van der Waals surface area contributed by atoms with Crippen LogP contribution in [0, 0.1) is 26.7 Å². The number of benzene rings is 1. The maximum atomic E-state index is 12.0. The predicted molar refractivity (Wildman–Crippen MR) is 104 cm³/mol. The smallest absolute Gasteiger partial charge is 0.160 e. The van der Waals surface area contributed by atoms with Crippen molar-refractivity contribution in [3.63, 3.8) is 0 Å². The lowest BCUT2D eigenvalue weighted by Crippen LogP contribution is -2.34. The average Bonchev–Trinajstić information content (AvgIpc) is 2.50. The van der Waals surface area contributed by atoms with Gasteiger partial charge in [-0.25, -0.2) is 0 Å². The van der Waals surface area contributed by atoms with Crippen molar-refractivity contribution in [2.24, 2.45) is 5.92 Å². The second-order valence-electron chi connectivity index (χ2n) is 7.16. The number of likely N-dealkylation sites (tertiary alicyclic amines) is 1. The van der Waals surface area contributed by atoms with Gasteiger partial charge in [0, 0.05) is 12.1 Å². The maximum absolute atomic E-state index is 12.0. The SMILES string of the molecule is CNCCC1CCN(Cc2c(C)cc(C)c(C(C)=O)c2C)CC1.Cl. The van der Waals surface area contributed by atoms with Crippen LogP contribution in [0.25, 0.3) is 0 Å². The van der Waals surface area contributed by atoms with Crippen LogP contribution in [-0.4, -0.2) is 37.4 Å². The van der Waals surface area contributed by atoms with E-state index in [0.717, 1.165) is 30.1 Å². The molecular weight excluding hydrogens is 320 g/mol. The zero-order chi connectivity index (χ0) is 17.0. The number of hydrogen-bond donors (Lipinski definition) is 1. The van der Waals surface area contributed by atoms with Gasteiger partial charge in [0.25, 0.3) is 0 Å². The quantitative estimate of drug-likeness (QED) is 0.783. The van der Waals surface area contributed by atoms with Gasteiger partial charge in [0.1, 0.15) is 0 Å². The van der Waals surface area contributed by atoms with E-state index >= 15 is 0 Å². The van der Waals surface area contributed by atoms with E-state index in [9.17, 15) is 4.79 Å². The third kappa shape index (κ3) is 5.05. The second-order valence-corrected chi connectivity index (χ2v) is 7.16. The molecule has 0 aromatic heterocycles. The van der Waals surface area contributed by atoms with Crippen LogP contribution >= 0.6 is 12.4 Å². The topological polar surface area (TPSA) is 32.3 Å². The van der Waals surface area contributed by atoms with Crippen molar-refractivity contribution < 1.29 is 4.79 Å². The highest BCUT2D eigenvalue weighted by Gasteiger charge is 2.21. The van der Waals surface area contributed by atoms with Crippen LogP contribution in [0.3, 0.4) is 0 Å². The van der Waals surface area contributed by atoms with Crippen molar-refractivity contribution >= 4 is 18.2 Å². The second kappa shape index (κ2) is 9.55. The molecule has 0 bridgehead atoms. The van der Waals surface area contributed by atoms with Crippen molar-refractivity contribution in [1.29, 1.82) is 0 Å². The third-order valence-electron chi connectivity index (χ3n) is 5.37. The predicted octanol–water partition coefficient (Wildman–Crippen LogP) is 4.06. The first-order valence-electron chi connectivity index (χ1n) is 8.91. The molecule has 1 N–H and O–H groups in total. The molecular formula is C20H33ClN2O. The normalized spacial score (nSPS) is 16.0. The lowest BCUT2D eigenvalue weighted by Gasteiger charge is -2.33. The summed E-state index contributed by atoms with van der Waals surface area (Å²) in [6.07, 6.45) is 3.89. The van der Waals surface area contributed by atoms with Crippen LogP contribution in [0.5, 0.6) is 0 Å². The summed E-state index contributed by atoms with van der Waals surface area (Å²) in [6.45, 7) is 12.5. The molecule has 4 heteroatoms. The Labute approximate surface area is 153 Å². The Morgan fingerprint density at radius 3 is 2.38 bits per heavy atom. The Hall–Kier alpha value is -0.900. The molecule has 2 rings (SSSR count). The first kappa shape index (κ1) is 21.1. The fourth-order valence-corrected chi connectivity index (χ4v) is 4.02. The number of aryl methyl sites for hydroxylation is 2. The number of ketones is 1. The van der Waals surface area contributed by atoms with Crippen LogP contribution in [0.15, 0.2) is 6.07 Å². The number of Topliss-reactive ketones (excluding diaryl/α,β-unsaturated/α-hetero) is 1. The number of hydrogen-bond acceptors (Lipinski definition) is 3. The summed E-state index contributed by atoms with van der Waals surface area (Å²) >= 11 is 0. The summed E-state index contributed by atoms with van der Waals surface area (Å²) in [7, 11) is 2.03. The van der Waals surface area contributed by atoms with Gasteiger partial charge in [-0.1, -0.05) is 6.07 Å². The van der Waals surface area contributed by atoms with Gasteiger partial charge in [0.15, 0.2) is 5.78 Å². The van der Waals surface area contributed by atoms with E-state index in [1.165, 1.54) is 49.0 Å². The largest absolute Gasteiger partial charge is 0.320 e. The first-order chi connectivity index (χ1) is 10.9. The zero-order valence-corrected chi connectivity index (χ0v) is 16.7. The van der Waals surface area contributed by atoms with Crippen molar-refractivity contribution in [1.82, 2.24) is 10.2 Å². The van der Waals surface area contributed by atoms with Crippen molar-refractivity contribution in [3.8, 4) is 0 Å². The van der Waals surface area contributed by atoms with E-state index in [4.69, 9.17) is 0 Å². The molecule has 3 nitrogen and oxygen atoms in total. The lowest BCUT2D eigenvalue weighted by atomic mass is 9.90. The van der Waals surface area contributed by atoms with Crippen LogP contribution < -0.4 is 5.32 Å². The number of nitrogens with zero attached hydrogens (tertiary/aromatic N) is 1. The van der Waals surface area contributed by atoms with Crippen molar-refractivity contribution in [2.75, 3.05) is 26.7 Å². The number of carbonyl (C=O) groups excluding carboxylic acids is 1. The van der Waals surface area contributed by atoms with E-state index in [1.54, 1.807) is 6.92 Å². The molecule has 1 aliphatic rings. The van der Waals surface area contributed by atoms with E-state index < -0.39 is 0 Å². The fourth-order valence-electron chi connectivity index (χ4n) is 4.02. The maximum Gasteiger partial charge on any atom is 0.160 e. The Balaban J connectivity index is 0.00000288. The molecule has 0 saturated carbocycles. The lowest BCUT2D eigenvalue weighted by molar-refractivity contribution is 0.101. The minimum atomic E-state index is 0. The molecule has 0 aliphatic carbocycles. The summed E-state index contributed by atoms with van der Waals surface area (Å²) in [5, 5.41) is 3.26. The molecule has 1 saturated heterocycles. The van der Waals surface area contributed by atoms with E-state index in [1.807, 2.05) is 14.0 Å². The van der Waals surface area contributed by atoms with Gasteiger partial charge >= 0.3 is 0 Å². The number of piperidine rings is 1. The molecule has 24 heavy (non-hydrogen) atoms. The fraction of sp³-hybridized carbons (Fsp3) is 0.650. The summed E-state index contributed by atoms with van der Waals surface area (Å²) in [5.74, 6) is 1.05. The molecule has 0 spiro atoms. The third-order valence-corrected chi connectivity index (χ3v) is 5.37. The molecule has 1 aliphatic heterocycles. The average molecular weight is 353 g/mol. The number of rotatable bonds is 6. The van der Waals surface area contributed by atoms with Gasteiger partial charge in [-0.05, 0) is 102 Å². The molecule has 0 unspecified atom stereocenters. The van der Waals surface area contributed by atoms with Gasteiger partial charge in [-0.3, -0.25) is 9.69 Å². The standard InChI is InChI=1S/C20H32N2O.ClH/c1-14-12-15(2)20(17(4)23)16(3)19(14)13-22-10-7-18(8-11-22)6-9-21-5;/h12,18,21H,6-11,13H2,1-5H3;1H.